The molecule has 2 aliphatic rings. The van der Waals surface area contributed by atoms with Gasteiger partial charge in [0, 0.05) is 12.6 Å². The molecule has 3 rings (SSSR count). The van der Waals surface area contributed by atoms with Crippen LogP contribution in [-0.2, 0) is 16.4 Å². The van der Waals surface area contributed by atoms with Crippen LogP contribution < -0.4 is 9.62 Å². The van der Waals surface area contributed by atoms with E-state index in [2.05, 4.69) is 11.4 Å². The van der Waals surface area contributed by atoms with Crippen molar-refractivity contribution < 1.29 is 8.42 Å². The summed E-state index contributed by atoms with van der Waals surface area (Å²) in [4.78, 5) is 0. The fourth-order valence-corrected chi connectivity index (χ4v) is 5.05. The number of sulfonamides is 1. The van der Waals surface area contributed by atoms with Gasteiger partial charge in [-0.05, 0) is 50.3 Å². The van der Waals surface area contributed by atoms with Gasteiger partial charge in [0.25, 0.3) is 0 Å². The highest BCUT2D eigenvalue weighted by molar-refractivity contribution is 7.92. The minimum Gasteiger partial charge on any atom is -0.313 e. The fourth-order valence-electron chi connectivity index (χ4n) is 3.19. The third kappa shape index (κ3) is 2.83. The molecule has 4 nitrogen and oxygen atoms in total. The van der Waals surface area contributed by atoms with Crippen LogP contribution in [0.15, 0.2) is 24.3 Å². The van der Waals surface area contributed by atoms with Crippen LogP contribution in [0.25, 0.3) is 0 Å². The van der Waals surface area contributed by atoms with Crippen molar-refractivity contribution in [2.75, 3.05) is 23.1 Å². The molecule has 110 valence electrons. The minimum atomic E-state index is -3.23. The Morgan fingerprint density at radius 3 is 2.85 bits per heavy atom. The predicted octanol–water partition coefficient (Wildman–Crippen LogP) is 1.91. The summed E-state index contributed by atoms with van der Waals surface area (Å²) in [5.74, 6) is 0.224. The first-order valence-electron chi connectivity index (χ1n) is 7.48. The number of para-hydroxylation sites is 1. The van der Waals surface area contributed by atoms with E-state index < -0.39 is 10.0 Å². The lowest BCUT2D eigenvalue weighted by Crippen LogP contribution is -2.40. The summed E-state index contributed by atoms with van der Waals surface area (Å²) in [6.07, 6.45) is 5.02. The van der Waals surface area contributed by atoms with Crippen LogP contribution in [0.2, 0.25) is 0 Å². The van der Waals surface area contributed by atoms with E-state index in [1.54, 1.807) is 4.31 Å². The van der Waals surface area contributed by atoms with Crippen molar-refractivity contribution in [3.05, 3.63) is 29.8 Å². The van der Waals surface area contributed by atoms with Crippen molar-refractivity contribution in [3.8, 4) is 0 Å². The van der Waals surface area contributed by atoms with Crippen LogP contribution in [0.4, 0.5) is 5.69 Å². The first kappa shape index (κ1) is 13.9. The SMILES string of the molecule is O=S(=O)(CC1CCCN1)N1CCCCc2ccccc21. The van der Waals surface area contributed by atoms with Crippen LogP contribution in [0, 0.1) is 0 Å². The van der Waals surface area contributed by atoms with Gasteiger partial charge in [0.2, 0.25) is 10.0 Å². The molecule has 1 aromatic carbocycles. The maximum Gasteiger partial charge on any atom is 0.236 e. The third-order valence-electron chi connectivity index (χ3n) is 4.23. The molecule has 1 saturated heterocycles. The van der Waals surface area contributed by atoms with Gasteiger partial charge in [0.1, 0.15) is 0 Å². The molecule has 0 spiro atoms. The predicted molar refractivity (Wildman–Crippen MR) is 81.5 cm³/mol. The Bertz CT molecular complexity index is 565. The Morgan fingerprint density at radius 1 is 1.20 bits per heavy atom. The average Bonchev–Trinajstić information content (AvgIpc) is 2.81. The number of rotatable bonds is 3. The largest absolute Gasteiger partial charge is 0.313 e. The molecule has 1 unspecified atom stereocenters. The molecule has 1 aromatic rings. The summed E-state index contributed by atoms with van der Waals surface area (Å²) in [5, 5.41) is 3.29. The summed E-state index contributed by atoms with van der Waals surface area (Å²) in [6, 6.07) is 8.04. The van der Waals surface area contributed by atoms with Crippen LogP contribution in [0.3, 0.4) is 0 Å². The van der Waals surface area contributed by atoms with Crippen molar-refractivity contribution in [2.45, 2.75) is 38.1 Å². The Labute approximate surface area is 121 Å². The molecule has 2 aliphatic heterocycles. The van der Waals surface area contributed by atoms with Crippen LogP contribution in [0.5, 0.6) is 0 Å². The zero-order valence-corrected chi connectivity index (χ0v) is 12.5. The van der Waals surface area contributed by atoms with Gasteiger partial charge in [-0.15, -0.1) is 0 Å². The average molecular weight is 294 g/mol. The second-order valence-electron chi connectivity index (χ2n) is 5.73. The number of hydrogen-bond acceptors (Lipinski definition) is 3. The monoisotopic (exact) mass is 294 g/mol. The Balaban J connectivity index is 1.88. The van der Waals surface area contributed by atoms with Crippen molar-refractivity contribution in [3.63, 3.8) is 0 Å². The zero-order chi connectivity index (χ0) is 14.0. The van der Waals surface area contributed by atoms with Crippen molar-refractivity contribution >= 4 is 15.7 Å². The fraction of sp³-hybridized carbons (Fsp3) is 0.600. The zero-order valence-electron chi connectivity index (χ0n) is 11.7. The van der Waals surface area contributed by atoms with Crippen molar-refractivity contribution in [2.24, 2.45) is 0 Å². The number of nitrogens with zero attached hydrogens (tertiary/aromatic N) is 1. The normalized spacial score (nSPS) is 23.4. The van der Waals surface area contributed by atoms with E-state index in [0.717, 1.165) is 49.9 Å². The molecule has 5 heteroatoms. The van der Waals surface area contributed by atoms with Gasteiger partial charge in [0.05, 0.1) is 11.4 Å². The molecular formula is C15H22N2O2S. The maximum absolute atomic E-state index is 12.7. The molecule has 0 aromatic heterocycles. The smallest absolute Gasteiger partial charge is 0.236 e. The Hall–Kier alpha value is -1.07. The third-order valence-corrected chi connectivity index (χ3v) is 6.10. The van der Waals surface area contributed by atoms with Gasteiger partial charge >= 0.3 is 0 Å². The van der Waals surface area contributed by atoms with Crippen LogP contribution in [-0.4, -0.2) is 33.3 Å². The summed E-state index contributed by atoms with van der Waals surface area (Å²) in [7, 11) is -3.23. The lowest BCUT2D eigenvalue weighted by molar-refractivity contribution is 0.571. The molecule has 1 atom stereocenters. The second kappa shape index (κ2) is 5.74. The second-order valence-corrected chi connectivity index (χ2v) is 7.67. The first-order chi connectivity index (χ1) is 9.67. The molecule has 0 radical (unpaired) electrons. The number of fused-ring (bicyclic) bond motifs is 1. The molecule has 1 N–H and O–H groups in total. The Kier molecular flexibility index (Phi) is 3.98. The molecule has 0 bridgehead atoms. The molecule has 0 saturated carbocycles. The number of hydrogen-bond donors (Lipinski definition) is 1. The number of aryl methyl sites for hydroxylation is 1. The topological polar surface area (TPSA) is 49.4 Å². The number of nitrogens with one attached hydrogen (secondary N) is 1. The van der Waals surface area contributed by atoms with Crippen LogP contribution in [0.1, 0.15) is 31.2 Å². The van der Waals surface area contributed by atoms with E-state index >= 15 is 0 Å². The van der Waals surface area contributed by atoms with Crippen molar-refractivity contribution in [1.82, 2.24) is 5.32 Å². The van der Waals surface area contributed by atoms with Gasteiger partial charge in [-0.1, -0.05) is 18.2 Å². The summed E-state index contributed by atoms with van der Waals surface area (Å²) in [5.41, 5.74) is 2.05. The molecule has 2 heterocycles. The maximum atomic E-state index is 12.7. The molecule has 0 amide bonds. The van der Waals surface area contributed by atoms with E-state index in [0.29, 0.717) is 6.54 Å². The van der Waals surface area contributed by atoms with Gasteiger partial charge in [0.15, 0.2) is 0 Å². The molecule has 20 heavy (non-hydrogen) atoms. The van der Waals surface area contributed by atoms with Crippen molar-refractivity contribution in [1.29, 1.82) is 0 Å². The van der Waals surface area contributed by atoms with E-state index in [9.17, 15) is 8.42 Å². The number of anilines is 1. The highest BCUT2D eigenvalue weighted by atomic mass is 32.2. The lowest BCUT2D eigenvalue weighted by Gasteiger charge is -2.26. The molecule has 0 aliphatic carbocycles. The van der Waals surface area contributed by atoms with E-state index in [-0.39, 0.29) is 11.8 Å². The molecule has 1 fully saturated rings. The highest BCUT2D eigenvalue weighted by Gasteiger charge is 2.29. The summed E-state index contributed by atoms with van der Waals surface area (Å²) >= 11 is 0. The van der Waals surface area contributed by atoms with E-state index in [1.807, 2.05) is 18.2 Å². The van der Waals surface area contributed by atoms with Gasteiger partial charge in [-0.25, -0.2) is 8.42 Å². The van der Waals surface area contributed by atoms with Crippen LogP contribution >= 0.6 is 0 Å². The number of benzene rings is 1. The standard InChI is InChI=1S/C15H22N2O2S/c18-20(19,12-14-8-5-10-16-14)17-11-4-3-7-13-6-1-2-9-15(13)17/h1-2,6,9,14,16H,3-5,7-8,10-12H2. The lowest BCUT2D eigenvalue weighted by atomic mass is 10.1. The summed E-state index contributed by atoms with van der Waals surface area (Å²) in [6.45, 7) is 1.56. The highest BCUT2D eigenvalue weighted by Crippen LogP contribution is 2.29. The summed E-state index contributed by atoms with van der Waals surface area (Å²) < 4.78 is 27.1. The first-order valence-corrected chi connectivity index (χ1v) is 9.09. The van der Waals surface area contributed by atoms with Gasteiger partial charge in [-0.2, -0.15) is 0 Å². The van der Waals surface area contributed by atoms with Gasteiger partial charge in [-0.3, -0.25) is 4.31 Å². The quantitative estimate of drug-likeness (QED) is 0.926. The minimum absolute atomic E-state index is 0.121. The van der Waals surface area contributed by atoms with E-state index in [1.165, 1.54) is 0 Å². The Morgan fingerprint density at radius 2 is 2.05 bits per heavy atom. The van der Waals surface area contributed by atoms with E-state index in [4.69, 9.17) is 0 Å². The molecular weight excluding hydrogens is 272 g/mol. The van der Waals surface area contributed by atoms with Gasteiger partial charge < -0.3 is 5.32 Å².